The van der Waals surface area contributed by atoms with Crippen LogP contribution in [0.4, 0.5) is 20.3 Å². The Kier molecular flexibility index (Phi) is 5.61. The van der Waals surface area contributed by atoms with Crippen LogP contribution in [0.1, 0.15) is 30.4 Å². The van der Waals surface area contributed by atoms with Gasteiger partial charge in [-0.25, -0.2) is 18.7 Å². The van der Waals surface area contributed by atoms with Gasteiger partial charge in [-0.05, 0) is 55.3 Å². The Labute approximate surface area is 183 Å². The maximum absolute atomic E-state index is 13.0. The van der Waals surface area contributed by atoms with Crippen LogP contribution in [0, 0.1) is 0 Å². The molecule has 1 aliphatic rings. The molecule has 7 heteroatoms. The number of aromatic nitrogens is 2. The first-order valence-electron chi connectivity index (χ1n) is 10.4. The molecule has 2 aromatic carbocycles. The zero-order valence-corrected chi connectivity index (χ0v) is 17.7. The Hall–Kier alpha value is -2.90. The van der Waals surface area contributed by atoms with Gasteiger partial charge in [0.05, 0.1) is 10.2 Å². The van der Waals surface area contributed by atoms with Crippen molar-refractivity contribution in [1.29, 1.82) is 0 Å². The molecule has 4 nitrogen and oxygen atoms in total. The third-order valence-corrected chi connectivity index (χ3v) is 6.74. The SMILES string of the molecule is FC(F)c1cccc(Nc2ncnc3cc(-c4ccc(CN5CCCC5)cc4)sc23)c1. The molecule has 31 heavy (non-hydrogen) atoms. The second-order valence-electron chi connectivity index (χ2n) is 7.78. The van der Waals surface area contributed by atoms with E-state index in [1.807, 2.05) is 0 Å². The van der Waals surface area contributed by atoms with Crippen LogP contribution in [0.15, 0.2) is 60.9 Å². The van der Waals surface area contributed by atoms with Gasteiger partial charge in [0.2, 0.25) is 0 Å². The number of nitrogens with one attached hydrogen (secondary N) is 1. The van der Waals surface area contributed by atoms with Crippen LogP contribution in [0.25, 0.3) is 20.7 Å². The fourth-order valence-electron chi connectivity index (χ4n) is 3.95. The maximum atomic E-state index is 13.0. The standard InChI is InChI=1S/C24H22F2N4S/c25-23(26)18-4-3-5-19(12-18)29-24-22-20(27-15-28-24)13-21(31-22)17-8-6-16(7-9-17)14-30-10-1-2-11-30/h3-9,12-13,15,23H,1-2,10-11,14H2,(H,27,28,29). The summed E-state index contributed by atoms with van der Waals surface area (Å²) in [6.07, 6.45) is 1.58. The minimum absolute atomic E-state index is 0.0174. The minimum atomic E-state index is -2.51. The average Bonchev–Trinajstić information content (AvgIpc) is 3.45. The molecule has 0 saturated carbocycles. The molecule has 0 aliphatic carbocycles. The van der Waals surface area contributed by atoms with Crippen molar-refractivity contribution >= 4 is 33.1 Å². The normalized spacial score (nSPS) is 14.5. The molecular weight excluding hydrogens is 414 g/mol. The number of nitrogens with zero attached hydrogens (tertiary/aromatic N) is 3. The van der Waals surface area contributed by atoms with E-state index in [1.165, 1.54) is 50.0 Å². The quantitative estimate of drug-likeness (QED) is 0.368. The van der Waals surface area contributed by atoms with E-state index in [0.717, 1.165) is 27.2 Å². The highest BCUT2D eigenvalue weighted by molar-refractivity contribution is 7.22. The number of hydrogen-bond donors (Lipinski definition) is 1. The number of rotatable bonds is 6. The molecule has 4 aromatic rings. The number of anilines is 2. The molecule has 1 N–H and O–H groups in total. The van der Waals surface area contributed by atoms with E-state index < -0.39 is 6.43 Å². The van der Waals surface area contributed by atoms with Gasteiger partial charge in [0.1, 0.15) is 6.33 Å². The molecule has 0 unspecified atom stereocenters. The lowest BCUT2D eigenvalue weighted by atomic mass is 10.1. The molecule has 5 rings (SSSR count). The van der Waals surface area contributed by atoms with Gasteiger partial charge in [0, 0.05) is 22.7 Å². The summed E-state index contributed by atoms with van der Waals surface area (Å²) in [6.45, 7) is 3.38. The fraction of sp³-hybridized carbons (Fsp3) is 0.250. The lowest BCUT2D eigenvalue weighted by Crippen LogP contribution is -2.18. The van der Waals surface area contributed by atoms with Crippen LogP contribution in [-0.4, -0.2) is 28.0 Å². The Morgan fingerprint density at radius 3 is 2.58 bits per heavy atom. The summed E-state index contributed by atoms with van der Waals surface area (Å²) in [4.78, 5) is 12.3. The zero-order chi connectivity index (χ0) is 21.2. The molecule has 1 aliphatic heterocycles. The van der Waals surface area contributed by atoms with E-state index in [4.69, 9.17) is 0 Å². The van der Waals surface area contributed by atoms with Crippen LogP contribution >= 0.6 is 11.3 Å². The number of likely N-dealkylation sites (tertiary alicyclic amines) is 1. The van der Waals surface area contributed by atoms with Crippen molar-refractivity contribution in [2.24, 2.45) is 0 Å². The zero-order valence-electron chi connectivity index (χ0n) is 16.9. The lowest BCUT2D eigenvalue weighted by Gasteiger charge is -2.14. The number of thiophene rings is 1. The van der Waals surface area contributed by atoms with Crippen molar-refractivity contribution in [2.45, 2.75) is 25.8 Å². The number of benzene rings is 2. The van der Waals surface area contributed by atoms with Gasteiger partial charge in [-0.15, -0.1) is 11.3 Å². The molecule has 0 bridgehead atoms. The Balaban J connectivity index is 1.39. The first kappa shape index (κ1) is 20.0. The van der Waals surface area contributed by atoms with Gasteiger partial charge in [0.25, 0.3) is 6.43 Å². The molecule has 158 valence electrons. The molecule has 0 atom stereocenters. The number of hydrogen-bond acceptors (Lipinski definition) is 5. The first-order valence-corrected chi connectivity index (χ1v) is 11.2. The van der Waals surface area contributed by atoms with Crippen molar-refractivity contribution in [3.63, 3.8) is 0 Å². The van der Waals surface area contributed by atoms with Gasteiger partial charge in [0.15, 0.2) is 5.82 Å². The topological polar surface area (TPSA) is 41.1 Å². The number of halogens is 2. The van der Waals surface area contributed by atoms with Crippen molar-refractivity contribution < 1.29 is 8.78 Å². The fourth-order valence-corrected chi connectivity index (χ4v) is 5.01. The Morgan fingerprint density at radius 1 is 1.00 bits per heavy atom. The first-order chi connectivity index (χ1) is 15.2. The molecule has 3 heterocycles. The lowest BCUT2D eigenvalue weighted by molar-refractivity contribution is 0.151. The summed E-state index contributed by atoms with van der Waals surface area (Å²) in [5.41, 5.74) is 3.87. The van der Waals surface area contributed by atoms with Gasteiger partial charge in [-0.1, -0.05) is 36.4 Å². The van der Waals surface area contributed by atoms with E-state index >= 15 is 0 Å². The number of fused-ring (bicyclic) bond motifs is 1. The third-order valence-electron chi connectivity index (χ3n) is 5.56. The van der Waals surface area contributed by atoms with E-state index in [9.17, 15) is 8.78 Å². The minimum Gasteiger partial charge on any atom is -0.339 e. The smallest absolute Gasteiger partial charge is 0.263 e. The highest BCUT2D eigenvalue weighted by Gasteiger charge is 2.14. The molecule has 0 amide bonds. The maximum Gasteiger partial charge on any atom is 0.263 e. The predicted octanol–water partition coefficient (Wildman–Crippen LogP) is 6.64. The monoisotopic (exact) mass is 436 g/mol. The summed E-state index contributed by atoms with van der Waals surface area (Å²) in [7, 11) is 0. The van der Waals surface area contributed by atoms with Crippen molar-refractivity contribution in [2.75, 3.05) is 18.4 Å². The molecule has 1 saturated heterocycles. The molecule has 2 aromatic heterocycles. The molecule has 1 fully saturated rings. The summed E-state index contributed by atoms with van der Waals surface area (Å²) in [6, 6.07) is 17.0. The van der Waals surface area contributed by atoms with Crippen molar-refractivity contribution in [3.05, 3.63) is 72.1 Å². The average molecular weight is 437 g/mol. The second kappa shape index (κ2) is 8.69. The van der Waals surface area contributed by atoms with Crippen LogP contribution in [-0.2, 0) is 6.54 Å². The largest absolute Gasteiger partial charge is 0.339 e. The highest BCUT2D eigenvalue weighted by Crippen LogP contribution is 2.37. The molecule has 0 radical (unpaired) electrons. The second-order valence-corrected chi connectivity index (χ2v) is 8.83. The predicted molar refractivity (Wildman–Crippen MR) is 122 cm³/mol. The Bertz CT molecular complexity index is 1180. The third kappa shape index (κ3) is 4.43. The Morgan fingerprint density at radius 2 is 1.81 bits per heavy atom. The van der Waals surface area contributed by atoms with E-state index in [1.54, 1.807) is 23.5 Å². The number of alkyl halides is 2. The van der Waals surface area contributed by atoms with Crippen LogP contribution < -0.4 is 5.32 Å². The highest BCUT2D eigenvalue weighted by atomic mass is 32.1. The van der Waals surface area contributed by atoms with E-state index in [2.05, 4.69) is 50.5 Å². The van der Waals surface area contributed by atoms with Gasteiger partial charge in [-0.2, -0.15) is 0 Å². The van der Waals surface area contributed by atoms with Gasteiger partial charge >= 0.3 is 0 Å². The van der Waals surface area contributed by atoms with Crippen molar-refractivity contribution in [3.8, 4) is 10.4 Å². The van der Waals surface area contributed by atoms with Crippen LogP contribution in [0.2, 0.25) is 0 Å². The van der Waals surface area contributed by atoms with E-state index in [-0.39, 0.29) is 5.56 Å². The van der Waals surface area contributed by atoms with Crippen LogP contribution in [0.3, 0.4) is 0 Å². The summed E-state index contributed by atoms with van der Waals surface area (Å²) in [5.74, 6) is 0.623. The van der Waals surface area contributed by atoms with E-state index in [0.29, 0.717) is 11.5 Å². The molecular formula is C24H22F2N4S. The van der Waals surface area contributed by atoms with Gasteiger partial charge < -0.3 is 5.32 Å². The molecule has 0 spiro atoms. The van der Waals surface area contributed by atoms with Gasteiger partial charge in [-0.3, -0.25) is 4.90 Å². The summed E-state index contributed by atoms with van der Waals surface area (Å²) < 4.78 is 26.9. The summed E-state index contributed by atoms with van der Waals surface area (Å²) in [5, 5.41) is 3.18. The van der Waals surface area contributed by atoms with Crippen LogP contribution in [0.5, 0.6) is 0 Å². The summed E-state index contributed by atoms with van der Waals surface area (Å²) >= 11 is 1.60. The van der Waals surface area contributed by atoms with Crippen molar-refractivity contribution in [1.82, 2.24) is 14.9 Å².